The molecule has 0 aromatic heterocycles. The van der Waals surface area contributed by atoms with E-state index in [0.717, 1.165) is 0 Å². The summed E-state index contributed by atoms with van der Waals surface area (Å²) < 4.78 is 0. The molecule has 0 spiro atoms. The number of halogens is 1. The lowest BCUT2D eigenvalue weighted by Gasteiger charge is -2.22. The van der Waals surface area contributed by atoms with Crippen molar-refractivity contribution in [3.63, 3.8) is 0 Å². The van der Waals surface area contributed by atoms with Crippen molar-refractivity contribution < 1.29 is 10.1 Å². The topological polar surface area (TPSA) is 29.5 Å². The van der Waals surface area contributed by atoms with E-state index in [1.165, 1.54) is 12.8 Å². The summed E-state index contributed by atoms with van der Waals surface area (Å²) in [5, 5.41) is 9.18. The second-order valence-corrected chi connectivity index (χ2v) is 3.37. The van der Waals surface area contributed by atoms with Crippen LogP contribution in [-0.4, -0.2) is 16.2 Å². The molecule has 1 saturated carbocycles. The Bertz CT molecular complexity index is 97.2. The highest BCUT2D eigenvalue weighted by atomic mass is 79.9. The number of rotatable bonds is 3. The minimum Gasteiger partial charge on any atom is -0.251 e. The Morgan fingerprint density at radius 2 is 2.33 bits per heavy atom. The molecule has 0 aromatic carbocycles. The van der Waals surface area contributed by atoms with Gasteiger partial charge in [-0.1, -0.05) is 15.9 Å². The lowest BCUT2D eigenvalue weighted by molar-refractivity contribution is -0.316. The van der Waals surface area contributed by atoms with Crippen molar-refractivity contribution in [3.05, 3.63) is 0 Å². The third kappa shape index (κ3) is 1.45. The molecule has 0 saturated heterocycles. The summed E-state index contributed by atoms with van der Waals surface area (Å²) >= 11 is 3.29. The minimum atomic E-state index is -0.333. The van der Waals surface area contributed by atoms with E-state index in [1.807, 2.05) is 6.92 Å². The SMILES string of the molecule is CC(CBr)(OO)C1CC1. The molecule has 3 heteroatoms. The van der Waals surface area contributed by atoms with Crippen LogP contribution in [0.25, 0.3) is 0 Å². The van der Waals surface area contributed by atoms with Gasteiger partial charge in [0.2, 0.25) is 0 Å². The smallest absolute Gasteiger partial charge is 0.113 e. The van der Waals surface area contributed by atoms with Crippen molar-refractivity contribution in [2.45, 2.75) is 25.4 Å². The molecular weight excluding hydrogens is 184 g/mol. The van der Waals surface area contributed by atoms with Crippen LogP contribution in [0, 0.1) is 5.92 Å². The van der Waals surface area contributed by atoms with Crippen molar-refractivity contribution in [3.8, 4) is 0 Å². The third-order valence-electron chi connectivity index (χ3n) is 1.91. The van der Waals surface area contributed by atoms with Crippen molar-refractivity contribution in [1.82, 2.24) is 0 Å². The standard InChI is InChI=1S/C6H11BrO2/c1-6(4-7,9-8)5-2-3-5/h5,8H,2-4H2,1H3. The summed E-state index contributed by atoms with van der Waals surface area (Å²) in [6.45, 7) is 1.92. The van der Waals surface area contributed by atoms with E-state index in [-0.39, 0.29) is 5.60 Å². The van der Waals surface area contributed by atoms with Crippen molar-refractivity contribution in [2.24, 2.45) is 5.92 Å². The van der Waals surface area contributed by atoms with Gasteiger partial charge in [0, 0.05) is 5.33 Å². The molecule has 1 unspecified atom stereocenters. The second-order valence-electron chi connectivity index (χ2n) is 2.81. The highest BCUT2D eigenvalue weighted by molar-refractivity contribution is 9.09. The lowest BCUT2D eigenvalue weighted by Crippen LogP contribution is -2.31. The predicted molar refractivity (Wildman–Crippen MR) is 38.6 cm³/mol. The molecule has 0 amide bonds. The van der Waals surface area contributed by atoms with Gasteiger partial charge < -0.3 is 0 Å². The van der Waals surface area contributed by atoms with E-state index < -0.39 is 0 Å². The molecule has 0 heterocycles. The van der Waals surface area contributed by atoms with Gasteiger partial charge in [-0.2, -0.15) is 0 Å². The fourth-order valence-electron chi connectivity index (χ4n) is 0.902. The first-order chi connectivity index (χ1) is 4.23. The van der Waals surface area contributed by atoms with Gasteiger partial charge in [0.25, 0.3) is 0 Å². The third-order valence-corrected chi connectivity index (χ3v) is 3.03. The van der Waals surface area contributed by atoms with Crippen LogP contribution in [0.3, 0.4) is 0 Å². The Labute approximate surface area is 63.3 Å². The van der Waals surface area contributed by atoms with Gasteiger partial charge in [0.15, 0.2) is 0 Å². The van der Waals surface area contributed by atoms with Crippen LogP contribution in [0.4, 0.5) is 0 Å². The van der Waals surface area contributed by atoms with Crippen LogP contribution in [0.5, 0.6) is 0 Å². The number of hydrogen-bond acceptors (Lipinski definition) is 2. The van der Waals surface area contributed by atoms with E-state index in [4.69, 9.17) is 5.26 Å². The van der Waals surface area contributed by atoms with Gasteiger partial charge in [-0.15, -0.1) is 0 Å². The first kappa shape index (κ1) is 7.51. The van der Waals surface area contributed by atoms with Crippen molar-refractivity contribution >= 4 is 15.9 Å². The summed E-state index contributed by atoms with van der Waals surface area (Å²) in [6, 6.07) is 0. The fourth-order valence-corrected chi connectivity index (χ4v) is 1.46. The van der Waals surface area contributed by atoms with Crippen molar-refractivity contribution in [1.29, 1.82) is 0 Å². The molecular formula is C6H11BrO2. The lowest BCUT2D eigenvalue weighted by atomic mass is 10.0. The molecule has 1 aliphatic carbocycles. The predicted octanol–water partition coefficient (Wildman–Crippen LogP) is 2.04. The van der Waals surface area contributed by atoms with Gasteiger partial charge in [-0.25, -0.2) is 4.89 Å². The second kappa shape index (κ2) is 2.56. The van der Waals surface area contributed by atoms with Gasteiger partial charge >= 0.3 is 0 Å². The monoisotopic (exact) mass is 194 g/mol. The molecule has 9 heavy (non-hydrogen) atoms. The molecule has 1 rings (SSSR count). The molecule has 54 valence electrons. The first-order valence-corrected chi connectivity index (χ1v) is 4.23. The van der Waals surface area contributed by atoms with E-state index >= 15 is 0 Å². The maximum Gasteiger partial charge on any atom is 0.113 e. The van der Waals surface area contributed by atoms with Gasteiger partial charge in [0.1, 0.15) is 5.60 Å². The molecule has 1 N–H and O–H groups in total. The van der Waals surface area contributed by atoms with Gasteiger partial charge in [0.05, 0.1) is 0 Å². The summed E-state index contributed by atoms with van der Waals surface area (Å²) in [7, 11) is 0. The summed E-state index contributed by atoms with van der Waals surface area (Å²) in [5.41, 5.74) is -0.333. The molecule has 2 nitrogen and oxygen atoms in total. The quantitative estimate of drug-likeness (QED) is 0.424. The Balaban J connectivity index is 2.43. The Kier molecular flexibility index (Phi) is 2.14. The zero-order chi connectivity index (χ0) is 6.91. The average molecular weight is 195 g/mol. The largest absolute Gasteiger partial charge is 0.251 e. The molecule has 0 radical (unpaired) electrons. The van der Waals surface area contributed by atoms with Crippen LogP contribution in [-0.2, 0) is 4.89 Å². The van der Waals surface area contributed by atoms with Gasteiger partial charge in [-0.3, -0.25) is 5.26 Å². The molecule has 1 fully saturated rings. The molecule has 0 aromatic rings. The van der Waals surface area contributed by atoms with E-state index in [1.54, 1.807) is 0 Å². The zero-order valence-electron chi connectivity index (χ0n) is 5.43. The maximum atomic E-state index is 8.47. The number of hydrogen-bond donors (Lipinski definition) is 1. The van der Waals surface area contributed by atoms with Crippen LogP contribution >= 0.6 is 15.9 Å². The Morgan fingerprint density at radius 3 is 2.44 bits per heavy atom. The van der Waals surface area contributed by atoms with E-state index in [0.29, 0.717) is 11.2 Å². The van der Waals surface area contributed by atoms with E-state index in [2.05, 4.69) is 20.8 Å². The Morgan fingerprint density at radius 1 is 1.78 bits per heavy atom. The molecule has 1 atom stereocenters. The first-order valence-electron chi connectivity index (χ1n) is 3.11. The normalized spacial score (nSPS) is 25.7. The zero-order valence-corrected chi connectivity index (χ0v) is 7.02. The highest BCUT2D eigenvalue weighted by Gasteiger charge is 2.42. The fraction of sp³-hybridized carbons (Fsp3) is 1.00. The number of alkyl halides is 1. The van der Waals surface area contributed by atoms with Crippen LogP contribution in [0.1, 0.15) is 19.8 Å². The summed E-state index contributed by atoms with van der Waals surface area (Å²) in [6.07, 6.45) is 2.37. The molecule has 0 bridgehead atoms. The minimum absolute atomic E-state index is 0.333. The maximum absolute atomic E-state index is 8.47. The van der Waals surface area contributed by atoms with Crippen LogP contribution < -0.4 is 0 Å². The Hall–Kier alpha value is 0.400. The van der Waals surface area contributed by atoms with Crippen LogP contribution in [0.15, 0.2) is 0 Å². The average Bonchev–Trinajstić information content (AvgIpc) is 2.68. The molecule has 1 aliphatic rings. The van der Waals surface area contributed by atoms with Gasteiger partial charge in [-0.05, 0) is 25.7 Å². The summed E-state index contributed by atoms with van der Waals surface area (Å²) in [4.78, 5) is 4.36. The van der Waals surface area contributed by atoms with Crippen LogP contribution in [0.2, 0.25) is 0 Å². The summed E-state index contributed by atoms with van der Waals surface area (Å²) in [5.74, 6) is 0.557. The van der Waals surface area contributed by atoms with E-state index in [9.17, 15) is 0 Å². The van der Waals surface area contributed by atoms with Crippen molar-refractivity contribution in [2.75, 3.05) is 5.33 Å². The highest BCUT2D eigenvalue weighted by Crippen LogP contribution is 2.42. The molecule has 0 aliphatic heterocycles.